The second-order valence-corrected chi connectivity index (χ2v) is 12.5. The van der Waals surface area contributed by atoms with Gasteiger partial charge in [-0.2, -0.15) is 0 Å². The Kier molecular flexibility index (Phi) is 10.1. The number of benzene rings is 3. The Bertz CT molecular complexity index is 1520. The average molecular weight is 604 g/mol. The lowest BCUT2D eigenvalue weighted by Gasteiger charge is -2.30. The molecule has 3 aromatic carbocycles. The third-order valence-corrected chi connectivity index (χ3v) is 7.47. The first-order valence-electron chi connectivity index (χ1n) is 14.9. The monoisotopic (exact) mass is 603 g/mol. The number of hydrogen-bond donors (Lipinski definition) is 3. The van der Waals surface area contributed by atoms with E-state index in [4.69, 9.17) is 9.47 Å². The first-order chi connectivity index (χ1) is 20.7. The maximum absolute atomic E-state index is 14.0. The Balaban J connectivity index is 1.63. The number of urea groups is 1. The molecule has 1 aliphatic carbocycles. The molecule has 9 heteroatoms. The average Bonchev–Trinajstić information content (AvgIpc) is 3.76. The van der Waals surface area contributed by atoms with Crippen LogP contribution in [-0.2, 0) is 20.7 Å². The second-order valence-electron chi connectivity index (χ2n) is 12.5. The third-order valence-electron chi connectivity index (χ3n) is 7.47. The van der Waals surface area contributed by atoms with E-state index >= 15 is 0 Å². The Morgan fingerprint density at radius 1 is 0.955 bits per heavy atom. The van der Waals surface area contributed by atoms with E-state index in [0.29, 0.717) is 16.8 Å². The number of carbonyl (C=O) groups is 3. The van der Waals surface area contributed by atoms with E-state index < -0.39 is 41.5 Å². The summed E-state index contributed by atoms with van der Waals surface area (Å²) in [6, 6.07) is 13.3. The number of rotatable bonds is 10. The smallest absolute Gasteiger partial charge is 0.331 e. The van der Waals surface area contributed by atoms with Crippen molar-refractivity contribution in [2.75, 3.05) is 17.7 Å². The van der Waals surface area contributed by atoms with Gasteiger partial charge in [0.05, 0.1) is 30.1 Å². The minimum atomic E-state index is -1.12. The minimum Gasteiger partial charge on any atom is -0.467 e. The zero-order chi connectivity index (χ0) is 32.2. The van der Waals surface area contributed by atoms with Gasteiger partial charge >= 0.3 is 12.0 Å². The Morgan fingerprint density at radius 2 is 1.61 bits per heavy atom. The maximum Gasteiger partial charge on any atom is 0.331 e. The molecule has 1 aliphatic rings. The first-order valence-corrected chi connectivity index (χ1v) is 14.9. The van der Waals surface area contributed by atoms with Crippen molar-refractivity contribution in [2.45, 2.75) is 78.6 Å². The van der Waals surface area contributed by atoms with Crippen LogP contribution in [0.2, 0.25) is 0 Å². The molecule has 3 amide bonds. The zero-order valence-electron chi connectivity index (χ0n) is 26.5. The Labute approximate surface area is 258 Å². The van der Waals surface area contributed by atoms with Crippen molar-refractivity contribution in [1.82, 2.24) is 5.32 Å². The number of carbonyl (C=O) groups excluding carboxylic acids is 3. The van der Waals surface area contributed by atoms with Crippen molar-refractivity contribution in [3.8, 4) is 11.1 Å². The largest absolute Gasteiger partial charge is 0.467 e. The van der Waals surface area contributed by atoms with E-state index in [0.717, 1.165) is 23.5 Å². The van der Waals surface area contributed by atoms with Crippen LogP contribution < -0.4 is 16.0 Å². The predicted molar refractivity (Wildman–Crippen MR) is 170 cm³/mol. The molecule has 3 aromatic rings. The predicted octanol–water partition coefficient (Wildman–Crippen LogP) is 7.18. The molecular weight excluding hydrogens is 561 g/mol. The van der Waals surface area contributed by atoms with Gasteiger partial charge in [-0.3, -0.25) is 4.79 Å². The van der Waals surface area contributed by atoms with Crippen molar-refractivity contribution in [1.29, 1.82) is 0 Å². The van der Waals surface area contributed by atoms with Gasteiger partial charge in [0.25, 0.3) is 5.91 Å². The number of amides is 3. The van der Waals surface area contributed by atoms with Gasteiger partial charge in [-0.25, -0.2) is 14.0 Å². The summed E-state index contributed by atoms with van der Waals surface area (Å²) in [5.41, 5.74) is 4.67. The molecule has 1 unspecified atom stereocenters. The summed E-state index contributed by atoms with van der Waals surface area (Å²) >= 11 is 0. The van der Waals surface area contributed by atoms with Gasteiger partial charge < -0.3 is 25.4 Å². The quantitative estimate of drug-likeness (QED) is 0.213. The van der Waals surface area contributed by atoms with Gasteiger partial charge in [0.2, 0.25) is 0 Å². The highest BCUT2D eigenvalue weighted by molar-refractivity contribution is 6.08. The van der Waals surface area contributed by atoms with Gasteiger partial charge in [-0.15, -0.1) is 0 Å². The van der Waals surface area contributed by atoms with Crippen LogP contribution >= 0.6 is 0 Å². The molecule has 1 saturated carbocycles. The summed E-state index contributed by atoms with van der Waals surface area (Å²) in [5.74, 6) is -0.966. The molecule has 2 atom stereocenters. The SMILES string of the molecule is COC(=O)[C@@H](NC(=O)c1ccc(-c2cccc(F)c2)cc1NC(=O)Nc1c(C)cc(CC2CC2)cc1C)C(C)OC(C)(C)C. The minimum absolute atomic E-state index is 0.102. The lowest BCUT2D eigenvalue weighted by molar-refractivity contribution is -0.150. The number of nitrogens with one attached hydrogen (secondary N) is 3. The molecule has 0 bridgehead atoms. The summed E-state index contributed by atoms with van der Waals surface area (Å²) in [6.07, 6.45) is 2.83. The summed E-state index contributed by atoms with van der Waals surface area (Å²) in [4.78, 5) is 39.7. The molecule has 0 aromatic heterocycles. The molecule has 234 valence electrons. The van der Waals surface area contributed by atoms with Gasteiger partial charge in [-0.05, 0) is 119 Å². The zero-order valence-corrected chi connectivity index (χ0v) is 26.5. The third kappa shape index (κ3) is 8.66. The highest BCUT2D eigenvalue weighted by Crippen LogP contribution is 2.34. The fourth-order valence-corrected chi connectivity index (χ4v) is 5.32. The highest BCUT2D eigenvalue weighted by Gasteiger charge is 2.32. The Morgan fingerprint density at radius 3 is 2.20 bits per heavy atom. The molecular formula is C35H42FN3O5. The molecule has 0 radical (unpaired) electrons. The van der Waals surface area contributed by atoms with Crippen LogP contribution in [0.1, 0.15) is 67.6 Å². The molecule has 3 N–H and O–H groups in total. The van der Waals surface area contributed by atoms with Crippen molar-refractivity contribution in [3.63, 3.8) is 0 Å². The summed E-state index contributed by atoms with van der Waals surface area (Å²) in [5, 5.41) is 8.45. The number of anilines is 2. The van der Waals surface area contributed by atoms with Gasteiger partial charge in [0.1, 0.15) is 5.82 Å². The fraction of sp³-hybridized carbons (Fsp3) is 0.400. The maximum atomic E-state index is 14.0. The topological polar surface area (TPSA) is 106 Å². The second kappa shape index (κ2) is 13.6. The standard InChI is InChI=1S/C35H42FN3O5/c1-20-15-24(17-23-11-12-23)16-21(2)30(20)39-34(42)37-29-19-26(25-9-8-10-27(36)18-25)13-14-28(29)32(40)38-31(33(41)43-7)22(3)44-35(4,5)6/h8-10,13-16,18-19,22-23,31H,11-12,17H2,1-7H3,(H,38,40)(H2,37,39,42)/t22?,31-/m0/s1. The first kappa shape index (κ1) is 32.7. The molecule has 0 spiro atoms. The molecule has 8 nitrogen and oxygen atoms in total. The number of esters is 1. The van der Waals surface area contributed by atoms with Crippen LogP contribution in [0.3, 0.4) is 0 Å². The molecule has 0 saturated heterocycles. The molecule has 1 fully saturated rings. The van der Waals surface area contributed by atoms with E-state index in [9.17, 15) is 18.8 Å². The summed E-state index contributed by atoms with van der Waals surface area (Å²) < 4.78 is 24.9. The summed E-state index contributed by atoms with van der Waals surface area (Å²) in [7, 11) is 1.23. The lowest BCUT2D eigenvalue weighted by atomic mass is 10.0. The van der Waals surface area contributed by atoms with Crippen LogP contribution in [0.5, 0.6) is 0 Å². The number of ether oxygens (including phenoxy) is 2. The van der Waals surface area contributed by atoms with E-state index in [1.807, 2.05) is 34.6 Å². The van der Waals surface area contributed by atoms with Crippen molar-refractivity contribution in [3.05, 3.63) is 82.7 Å². The molecule has 44 heavy (non-hydrogen) atoms. The molecule has 0 heterocycles. The Hall–Kier alpha value is -4.24. The number of halogens is 1. The van der Waals surface area contributed by atoms with E-state index in [1.165, 1.54) is 43.7 Å². The van der Waals surface area contributed by atoms with Crippen molar-refractivity contribution in [2.24, 2.45) is 5.92 Å². The van der Waals surface area contributed by atoms with Crippen LogP contribution in [0.25, 0.3) is 11.1 Å². The van der Waals surface area contributed by atoms with Gasteiger partial charge in [0.15, 0.2) is 6.04 Å². The number of aryl methyl sites for hydroxylation is 2. The van der Waals surface area contributed by atoms with Crippen LogP contribution in [0, 0.1) is 25.6 Å². The molecule has 0 aliphatic heterocycles. The van der Waals surface area contributed by atoms with Crippen molar-refractivity contribution >= 4 is 29.3 Å². The van der Waals surface area contributed by atoms with E-state index in [1.54, 1.807) is 31.2 Å². The van der Waals surface area contributed by atoms with Crippen molar-refractivity contribution < 1.29 is 28.2 Å². The van der Waals surface area contributed by atoms with Gasteiger partial charge in [-0.1, -0.05) is 30.3 Å². The highest BCUT2D eigenvalue weighted by atomic mass is 19.1. The lowest BCUT2D eigenvalue weighted by Crippen LogP contribution is -2.51. The van der Waals surface area contributed by atoms with Crippen LogP contribution in [-0.4, -0.2) is 42.8 Å². The fourth-order valence-electron chi connectivity index (χ4n) is 5.32. The molecule has 4 rings (SSSR count). The summed E-state index contributed by atoms with van der Waals surface area (Å²) in [6.45, 7) is 11.1. The normalized spacial score (nSPS) is 14.4. The van der Waals surface area contributed by atoms with Crippen LogP contribution in [0.15, 0.2) is 54.6 Å². The van der Waals surface area contributed by atoms with Gasteiger partial charge in [0, 0.05) is 5.69 Å². The number of methoxy groups -OCH3 is 1. The van der Waals surface area contributed by atoms with Crippen LogP contribution in [0.4, 0.5) is 20.6 Å². The number of hydrogen-bond acceptors (Lipinski definition) is 5. The van der Waals surface area contributed by atoms with E-state index in [2.05, 4.69) is 28.1 Å². The van der Waals surface area contributed by atoms with E-state index in [-0.39, 0.29) is 11.3 Å².